The van der Waals surface area contributed by atoms with Crippen molar-refractivity contribution < 1.29 is 13.5 Å². The van der Waals surface area contributed by atoms with Gasteiger partial charge in [0.05, 0.1) is 12.4 Å². The lowest BCUT2D eigenvalue weighted by Gasteiger charge is -2.33. The molecule has 1 N–H and O–H groups in total. The summed E-state index contributed by atoms with van der Waals surface area (Å²) in [5.41, 5.74) is 0. The highest BCUT2D eigenvalue weighted by Gasteiger charge is 2.31. The van der Waals surface area contributed by atoms with Crippen molar-refractivity contribution in [2.24, 2.45) is 5.92 Å². The summed E-state index contributed by atoms with van der Waals surface area (Å²) < 4.78 is 25.5. The van der Waals surface area contributed by atoms with Gasteiger partial charge in [-0.25, -0.2) is 8.42 Å². The Morgan fingerprint density at radius 1 is 1.40 bits per heavy atom. The molecule has 1 unspecified atom stereocenters. The molecule has 0 saturated carbocycles. The van der Waals surface area contributed by atoms with Crippen LogP contribution in [0.4, 0.5) is 0 Å². The fourth-order valence-corrected chi connectivity index (χ4v) is 4.11. The zero-order valence-corrected chi connectivity index (χ0v) is 10.3. The van der Waals surface area contributed by atoms with E-state index in [-0.39, 0.29) is 24.3 Å². The molecular weight excluding hydrogens is 214 g/mol. The highest BCUT2D eigenvalue weighted by atomic mass is 32.2. The second-order valence-electron chi connectivity index (χ2n) is 4.62. The Kier molecular flexibility index (Phi) is 4.55. The van der Waals surface area contributed by atoms with E-state index < -0.39 is 10.0 Å². The Bertz CT molecular complexity index is 287. The SMILES string of the molecule is CC(C)CS(=O)(=O)N1CCCCC1CO. The van der Waals surface area contributed by atoms with Gasteiger partial charge in [-0.1, -0.05) is 20.3 Å². The summed E-state index contributed by atoms with van der Waals surface area (Å²) in [7, 11) is -3.17. The normalized spacial score (nSPS) is 24.7. The van der Waals surface area contributed by atoms with Gasteiger partial charge in [0.2, 0.25) is 10.0 Å². The van der Waals surface area contributed by atoms with Crippen LogP contribution in [-0.2, 0) is 10.0 Å². The summed E-state index contributed by atoms with van der Waals surface area (Å²) in [6.07, 6.45) is 2.71. The molecular formula is C10H21NO3S. The highest BCUT2D eigenvalue weighted by Crippen LogP contribution is 2.21. The number of hydrogen-bond donors (Lipinski definition) is 1. The van der Waals surface area contributed by atoms with E-state index in [1.165, 1.54) is 4.31 Å². The molecule has 1 fully saturated rings. The first-order valence-electron chi connectivity index (χ1n) is 5.57. The minimum absolute atomic E-state index is 0.0582. The molecule has 90 valence electrons. The van der Waals surface area contributed by atoms with Gasteiger partial charge in [-0.3, -0.25) is 0 Å². The number of aliphatic hydroxyl groups excluding tert-OH is 1. The van der Waals surface area contributed by atoms with E-state index in [0.29, 0.717) is 6.54 Å². The molecule has 0 aromatic heterocycles. The maximum Gasteiger partial charge on any atom is 0.214 e. The maximum atomic E-state index is 12.0. The Labute approximate surface area is 92.3 Å². The minimum atomic E-state index is -3.17. The lowest BCUT2D eigenvalue weighted by molar-refractivity contribution is 0.155. The van der Waals surface area contributed by atoms with Crippen LogP contribution in [0.1, 0.15) is 33.1 Å². The number of nitrogens with zero attached hydrogens (tertiary/aromatic N) is 1. The summed E-state index contributed by atoms with van der Waals surface area (Å²) in [5, 5.41) is 9.15. The second kappa shape index (κ2) is 5.27. The average molecular weight is 235 g/mol. The molecule has 1 heterocycles. The van der Waals surface area contributed by atoms with Crippen LogP contribution in [0.3, 0.4) is 0 Å². The summed E-state index contributed by atoms with van der Waals surface area (Å²) in [6.45, 7) is 4.31. The molecule has 0 aliphatic carbocycles. The van der Waals surface area contributed by atoms with Crippen molar-refractivity contribution in [3.8, 4) is 0 Å². The number of aliphatic hydroxyl groups is 1. The standard InChI is InChI=1S/C10H21NO3S/c1-9(2)8-15(13,14)11-6-4-3-5-10(11)7-12/h9-10,12H,3-8H2,1-2H3. The van der Waals surface area contributed by atoms with E-state index in [0.717, 1.165) is 19.3 Å². The lowest BCUT2D eigenvalue weighted by atomic mass is 10.1. The van der Waals surface area contributed by atoms with Crippen molar-refractivity contribution in [2.45, 2.75) is 39.2 Å². The second-order valence-corrected chi connectivity index (χ2v) is 6.58. The van der Waals surface area contributed by atoms with E-state index in [1.807, 2.05) is 13.8 Å². The Balaban J connectivity index is 2.74. The van der Waals surface area contributed by atoms with Crippen LogP contribution >= 0.6 is 0 Å². The topological polar surface area (TPSA) is 57.6 Å². The Morgan fingerprint density at radius 2 is 2.07 bits per heavy atom. The third-order valence-corrected chi connectivity index (χ3v) is 4.97. The molecule has 0 amide bonds. The first-order valence-corrected chi connectivity index (χ1v) is 7.18. The van der Waals surface area contributed by atoms with Crippen LogP contribution in [0, 0.1) is 5.92 Å². The van der Waals surface area contributed by atoms with Crippen LogP contribution in [0.15, 0.2) is 0 Å². The van der Waals surface area contributed by atoms with E-state index in [2.05, 4.69) is 0 Å². The smallest absolute Gasteiger partial charge is 0.214 e. The zero-order chi connectivity index (χ0) is 11.5. The van der Waals surface area contributed by atoms with Gasteiger partial charge in [-0.15, -0.1) is 0 Å². The predicted octanol–water partition coefficient (Wildman–Crippen LogP) is 0.819. The molecule has 0 bridgehead atoms. The summed E-state index contributed by atoms with van der Waals surface area (Å²) >= 11 is 0. The van der Waals surface area contributed by atoms with Gasteiger partial charge in [0.1, 0.15) is 0 Å². The van der Waals surface area contributed by atoms with Crippen LogP contribution in [0.2, 0.25) is 0 Å². The van der Waals surface area contributed by atoms with Gasteiger partial charge in [0.15, 0.2) is 0 Å². The Morgan fingerprint density at radius 3 is 2.60 bits per heavy atom. The third kappa shape index (κ3) is 3.43. The number of hydrogen-bond acceptors (Lipinski definition) is 3. The van der Waals surface area contributed by atoms with E-state index in [9.17, 15) is 8.42 Å². The van der Waals surface area contributed by atoms with Crippen LogP contribution in [0.5, 0.6) is 0 Å². The molecule has 1 saturated heterocycles. The maximum absolute atomic E-state index is 12.0. The van der Waals surface area contributed by atoms with Gasteiger partial charge >= 0.3 is 0 Å². The molecule has 1 rings (SSSR count). The quantitative estimate of drug-likeness (QED) is 0.785. The van der Waals surface area contributed by atoms with Gasteiger partial charge in [-0.05, 0) is 18.8 Å². The fourth-order valence-electron chi connectivity index (χ4n) is 2.04. The zero-order valence-electron chi connectivity index (χ0n) is 9.52. The van der Waals surface area contributed by atoms with E-state index in [4.69, 9.17) is 5.11 Å². The van der Waals surface area contributed by atoms with Crippen molar-refractivity contribution in [1.29, 1.82) is 0 Å². The molecule has 1 atom stereocenters. The van der Waals surface area contributed by atoms with Gasteiger partial charge in [-0.2, -0.15) is 4.31 Å². The number of piperidine rings is 1. The first-order chi connectivity index (χ1) is 6.97. The van der Waals surface area contributed by atoms with Crippen LogP contribution in [-0.4, -0.2) is 42.8 Å². The monoisotopic (exact) mass is 235 g/mol. The van der Waals surface area contributed by atoms with E-state index >= 15 is 0 Å². The third-order valence-electron chi connectivity index (χ3n) is 2.69. The predicted molar refractivity (Wildman–Crippen MR) is 60.1 cm³/mol. The number of rotatable bonds is 4. The summed E-state index contributed by atoms with van der Waals surface area (Å²) in [4.78, 5) is 0. The molecule has 4 nitrogen and oxygen atoms in total. The van der Waals surface area contributed by atoms with Crippen molar-refractivity contribution in [1.82, 2.24) is 4.31 Å². The fraction of sp³-hybridized carbons (Fsp3) is 1.00. The highest BCUT2D eigenvalue weighted by molar-refractivity contribution is 7.89. The lowest BCUT2D eigenvalue weighted by Crippen LogP contribution is -2.47. The molecule has 1 aliphatic rings. The van der Waals surface area contributed by atoms with Crippen LogP contribution in [0.25, 0.3) is 0 Å². The molecule has 0 spiro atoms. The van der Waals surface area contributed by atoms with Crippen LogP contribution < -0.4 is 0 Å². The summed E-state index contributed by atoms with van der Waals surface area (Å²) in [6, 6.07) is -0.192. The molecule has 1 aliphatic heterocycles. The first kappa shape index (κ1) is 12.9. The van der Waals surface area contributed by atoms with Gasteiger partial charge < -0.3 is 5.11 Å². The molecule has 0 aromatic rings. The van der Waals surface area contributed by atoms with Gasteiger partial charge in [0.25, 0.3) is 0 Å². The molecule has 0 aromatic carbocycles. The summed E-state index contributed by atoms with van der Waals surface area (Å²) in [5.74, 6) is 0.319. The number of sulfonamides is 1. The van der Waals surface area contributed by atoms with Crippen molar-refractivity contribution in [3.05, 3.63) is 0 Å². The van der Waals surface area contributed by atoms with Crippen molar-refractivity contribution >= 4 is 10.0 Å². The molecule has 5 heteroatoms. The largest absolute Gasteiger partial charge is 0.395 e. The van der Waals surface area contributed by atoms with Crippen molar-refractivity contribution in [2.75, 3.05) is 18.9 Å². The molecule has 15 heavy (non-hydrogen) atoms. The molecule has 0 radical (unpaired) electrons. The van der Waals surface area contributed by atoms with Gasteiger partial charge in [0, 0.05) is 12.6 Å². The average Bonchev–Trinajstić information content (AvgIpc) is 2.16. The van der Waals surface area contributed by atoms with E-state index in [1.54, 1.807) is 0 Å². The van der Waals surface area contributed by atoms with Crippen molar-refractivity contribution in [3.63, 3.8) is 0 Å². The minimum Gasteiger partial charge on any atom is -0.395 e. The Hall–Kier alpha value is -0.130.